The molecule has 0 aliphatic rings. The van der Waals surface area contributed by atoms with Crippen molar-refractivity contribution in [1.29, 1.82) is 10.5 Å². The molecule has 0 aromatic carbocycles. The quantitative estimate of drug-likeness (QED) is 0.436. The number of rotatable bonds is 1. The summed E-state index contributed by atoms with van der Waals surface area (Å²) in [5.74, 6) is 0. The number of nitrogens with zero attached hydrogens (tertiary/aromatic N) is 2. The smallest absolute Gasteiger partial charge is 0.181 e. The van der Waals surface area contributed by atoms with E-state index in [4.69, 9.17) is 20.7 Å². The van der Waals surface area contributed by atoms with E-state index < -0.39 is 0 Å². The van der Waals surface area contributed by atoms with E-state index in [1.54, 1.807) is 0 Å². The van der Waals surface area contributed by atoms with Crippen molar-refractivity contribution in [2.24, 2.45) is 0 Å². The van der Waals surface area contributed by atoms with E-state index >= 15 is 0 Å². The highest BCUT2D eigenvalue weighted by molar-refractivity contribution is 4.99. The number of nitriles is 2. The molecular formula is C4H8N2O3. The highest BCUT2D eigenvalue weighted by atomic mass is 16.3. The Balaban J connectivity index is -0.0000000720. The molecule has 0 spiro atoms. The normalized spacial score (nSPS) is 4.44. The molecule has 0 atom stereocenters. The zero-order chi connectivity index (χ0) is 6.83. The van der Waals surface area contributed by atoms with Gasteiger partial charge in [-0.1, -0.05) is 0 Å². The summed E-state index contributed by atoms with van der Waals surface area (Å²) in [4.78, 5) is 0. The second kappa shape index (κ2) is 28.8. The Morgan fingerprint density at radius 3 is 1.22 bits per heavy atom. The summed E-state index contributed by atoms with van der Waals surface area (Å²) < 4.78 is 0. The van der Waals surface area contributed by atoms with E-state index in [0.717, 1.165) is 0 Å². The van der Waals surface area contributed by atoms with Gasteiger partial charge in [-0.3, -0.25) is 0 Å². The minimum absolute atomic E-state index is 0. The van der Waals surface area contributed by atoms with Crippen LogP contribution in [0.3, 0.4) is 0 Å². The topological polar surface area (TPSA) is 120 Å². The van der Waals surface area contributed by atoms with Gasteiger partial charge in [-0.05, 0) is 0 Å². The summed E-state index contributed by atoms with van der Waals surface area (Å²) in [6, 6.07) is 2.47. The minimum atomic E-state index is -0.125. The summed E-state index contributed by atoms with van der Waals surface area (Å²) in [6.07, 6.45) is 0. The Morgan fingerprint density at radius 1 is 1.00 bits per heavy atom. The largest absolute Gasteiger partial charge is 0.412 e. The Morgan fingerprint density at radius 2 is 1.22 bits per heavy atom. The average Bonchev–Trinajstić information content (AvgIpc) is 1.88. The van der Waals surface area contributed by atoms with Gasteiger partial charge in [0.1, 0.15) is 0 Å². The average molecular weight is 132 g/mol. The van der Waals surface area contributed by atoms with Crippen LogP contribution in [-0.4, -0.2) is 28.9 Å². The standard InChI is InChI=1S/C2N2.C2H6O2.H2O/c2*3-1-2-4;/h;3-4H,1-2H2;1H2. The zero-order valence-electron chi connectivity index (χ0n) is 4.70. The minimum Gasteiger partial charge on any atom is -0.412 e. The van der Waals surface area contributed by atoms with Crippen LogP contribution in [0.2, 0.25) is 0 Å². The molecule has 0 heterocycles. The second-order valence-corrected chi connectivity index (χ2v) is 0.671. The Hall–Kier alpha value is -1.14. The maximum absolute atomic E-state index is 7.62. The summed E-state index contributed by atoms with van der Waals surface area (Å²) >= 11 is 0. The number of hydrogen-bond donors (Lipinski definition) is 2. The molecule has 0 aromatic heterocycles. The lowest BCUT2D eigenvalue weighted by Crippen LogP contribution is -1.85. The predicted molar refractivity (Wildman–Crippen MR) is 29.0 cm³/mol. The van der Waals surface area contributed by atoms with E-state index in [1.165, 1.54) is 12.1 Å². The summed E-state index contributed by atoms with van der Waals surface area (Å²) in [7, 11) is 0. The molecule has 4 N–H and O–H groups in total. The van der Waals surface area contributed by atoms with Crippen molar-refractivity contribution in [3.63, 3.8) is 0 Å². The molecule has 0 radical (unpaired) electrons. The number of hydrogen-bond acceptors (Lipinski definition) is 4. The Kier molecular flexibility index (Phi) is 50.1. The number of aliphatic hydroxyl groups is 2. The van der Waals surface area contributed by atoms with Crippen LogP contribution in [-0.2, 0) is 0 Å². The lowest BCUT2D eigenvalue weighted by Gasteiger charge is -1.70. The molecular weight excluding hydrogens is 124 g/mol. The molecule has 0 saturated heterocycles. The van der Waals surface area contributed by atoms with E-state index in [1.807, 2.05) is 0 Å². The molecule has 0 unspecified atom stereocenters. The maximum Gasteiger partial charge on any atom is 0.181 e. The third-order valence-electron chi connectivity index (χ3n) is 0.150. The molecule has 5 heteroatoms. The molecule has 0 fully saturated rings. The third kappa shape index (κ3) is 219. The molecule has 0 saturated carbocycles. The maximum atomic E-state index is 7.62. The molecule has 0 aromatic rings. The van der Waals surface area contributed by atoms with Crippen LogP contribution < -0.4 is 0 Å². The molecule has 5 nitrogen and oxygen atoms in total. The van der Waals surface area contributed by atoms with E-state index in [9.17, 15) is 0 Å². The van der Waals surface area contributed by atoms with Crippen LogP contribution in [0, 0.1) is 22.7 Å². The van der Waals surface area contributed by atoms with E-state index in [-0.39, 0.29) is 18.7 Å². The molecule has 9 heavy (non-hydrogen) atoms. The highest BCUT2D eigenvalue weighted by Crippen LogP contribution is 1.39. The first kappa shape index (κ1) is 15.7. The SMILES string of the molecule is N#CC#N.O.OCCO. The molecule has 0 amide bonds. The molecule has 0 aliphatic heterocycles. The Labute approximate surface area is 52.7 Å². The van der Waals surface area contributed by atoms with Crippen LogP contribution in [0.1, 0.15) is 0 Å². The second-order valence-electron chi connectivity index (χ2n) is 0.671. The predicted octanol–water partition coefficient (Wildman–Crippen LogP) is -1.82. The van der Waals surface area contributed by atoms with Crippen molar-refractivity contribution in [3.05, 3.63) is 0 Å². The van der Waals surface area contributed by atoms with Gasteiger partial charge in [-0.25, -0.2) is 0 Å². The molecule has 52 valence electrons. The fourth-order valence-corrected chi connectivity index (χ4v) is 0. The van der Waals surface area contributed by atoms with Gasteiger partial charge in [0.25, 0.3) is 0 Å². The van der Waals surface area contributed by atoms with Crippen LogP contribution in [0.5, 0.6) is 0 Å². The van der Waals surface area contributed by atoms with Crippen molar-refractivity contribution >= 4 is 0 Å². The fraction of sp³-hybridized carbons (Fsp3) is 0.500. The van der Waals surface area contributed by atoms with Gasteiger partial charge >= 0.3 is 0 Å². The summed E-state index contributed by atoms with van der Waals surface area (Å²) in [5.41, 5.74) is 0. The first-order valence-electron chi connectivity index (χ1n) is 1.83. The molecule has 0 rings (SSSR count). The monoisotopic (exact) mass is 132 g/mol. The van der Waals surface area contributed by atoms with Crippen LogP contribution in [0.4, 0.5) is 0 Å². The van der Waals surface area contributed by atoms with Crippen LogP contribution in [0.15, 0.2) is 0 Å². The molecule has 0 bridgehead atoms. The van der Waals surface area contributed by atoms with Gasteiger partial charge in [0.2, 0.25) is 0 Å². The summed E-state index contributed by atoms with van der Waals surface area (Å²) in [5, 5.41) is 29.8. The van der Waals surface area contributed by atoms with Crippen molar-refractivity contribution in [3.8, 4) is 12.1 Å². The fourth-order valence-electron chi connectivity index (χ4n) is 0. The highest BCUT2D eigenvalue weighted by Gasteiger charge is 1.58. The lowest BCUT2D eigenvalue weighted by atomic mass is 10.8. The van der Waals surface area contributed by atoms with Crippen LogP contribution in [0.25, 0.3) is 0 Å². The van der Waals surface area contributed by atoms with Gasteiger partial charge < -0.3 is 15.7 Å². The van der Waals surface area contributed by atoms with E-state index in [2.05, 4.69) is 0 Å². The number of aliphatic hydroxyl groups excluding tert-OH is 2. The van der Waals surface area contributed by atoms with Crippen molar-refractivity contribution in [2.75, 3.05) is 13.2 Å². The van der Waals surface area contributed by atoms with Crippen molar-refractivity contribution in [2.45, 2.75) is 0 Å². The molecule has 0 aliphatic carbocycles. The van der Waals surface area contributed by atoms with Gasteiger partial charge in [-0.2, -0.15) is 10.5 Å². The third-order valence-corrected chi connectivity index (χ3v) is 0.150. The van der Waals surface area contributed by atoms with Gasteiger partial charge in [0.15, 0.2) is 12.1 Å². The summed E-state index contributed by atoms with van der Waals surface area (Å²) in [6.45, 7) is -0.250. The van der Waals surface area contributed by atoms with Crippen LogP contribution >= 0.6 is 0 Å². The van der Waals surface area contributed by atoms with Gasteiger partial charge in [0, 0.05) is 0 Å². The zero-order valence-corrected chi connectivity index (χ0v) is 4.70. The Bertz CT molecular complexity index is 87.4. The van der Waals surface area contributed by atoms with Gasteiger partial charge in [0.05, 0.1) is 13.2 Å². The lowest BCUT2D eigenvalue weighted by molar-refractivity contribution is 0.186. The first-order valence-corrected chi connectivity index (χ1v) is 1.83. The van der Waals surface area contributed by atoms with E-state index in [0.29, 0.717) is 0 Å². The first-order chi connectivity index (χ1) is 3.83. The van der Waals surface area contributed by atoms with Gasteiger partial charge in [-0.15, -0.1) is 0 Å². The van der Waals surface area contributed by atoms with Crippen molar-refractivity contribution < 1.29 is 15.7 Å². The van der Waals surface area contributed by atoms with Crippen molar-refractivity contribution in [1.82, 2.24) is 0 Å².